The van der Waals surface area contributed by atoms with Gasteiger partial charge in [-0.05, 0) is 24.5 Å². The maximum Gasteiger partial charge on any atom is 0.157 e. The molecule has 0 atom stereocenters. The zero-order valence-corrected chi connectivity index (χ0v) is 9.57. The van der Waals surface area contributed by atoms with Gasteiger partial charge in [-0.15, -0.1) is 0 Å². The van der Waals surface area contributed by atoms with Crippen LogP contribution in [0.2, 0.25) is 0 Å². The summed E-state index contributed by atoms with van der Waals surface area (Å²) in [7, 11) is 0. The fraction of sp³-hybridized carbons (Fsp3) is 0.462. The predicted molar refractivity (Wildman–Crippen MR) is 63.0 cm³/mol. The van der Waals surface area contributed by atoms with Crippen molar-refractivity contribution >= 4 is 6.29 Å². The Kier molecular flexibility index (Phi) is 4.83. The van der Waals surface area contributed by atoms with E-state index in [4.69, 9.17) is 0 Å². The number of hydrogen-bond acceptors (Lipinski definition) is 3. The molecule has 3 nitrogen and oxygen atoms in total. The zero-order chi connectivity index (χ0) is 12.0. The minimum atomic E-state index is -0.162. The molecule has 0 bridgehead atoms. The van der Waals surface area contributed by atoms with Gasteiger partial charge in [-0.2, -0.15) is 0 Å². The number of benzene rings is 1. The molecule has 0 aliphatic heterocycles. The third kappa shape index (κ3) is 2.99. The molecule has 0 aliphatic carbocycles. The van der Waals surface area contributed by atoms with Crippen molar-refractivity contribution < 1.29 is 15.0 Å². The summed E-state index contributed by atoms with van der Waals surface area (Å²) in [6, 6.07) is 3.13. The normalized spacial score (nSPS) is 10.3. The van der Waals surface area contributed by atoms with Crippen molar-refractivity contribution in [1.82, 2.24) is 0 Å². The van der Waals surface area contributed by atoms with Crippen LogP contribution in [0.5, 0.6) is 11.5 Å². The second-order valence-corrected chi connectivity index (χ2v) is 3.93. The van der Waals surface area contributed by atoms with Crippen LogP contribution in [0.15, 0.2) is 12.1 Å². The van der Waals surface area contributed by atoms with Gasteiger partial charge >= 0.3 is 0 Å². The highest BCUT2D eigenvalue weighted by molar-refractivity contribution is 5.84. The van der Waals surface area contributed by atoms with Gasteiger partial charge < -0.3 is 10.2 Å². The molecular weight excluding hydrogens is 204 g/mol. The highest BCUT2D eigenvalue weighted by atomic mass is 16.3. The van der Waals surface area contributed by atoms with E-state index >= 15 is 0 Å². The summed E-state index contributed by atoms with van der Waals surface area (Å²) >= 11 is 0. The van der Waals surface area contributed by atoms with Crippen molar-refractivity contribution in [2.75, 3.05) is 0 Å². The van der Waals surface area contributed by atoms with E-state index in [0.29, 0.717) is 6.29 Å². The lowest BCUT2D eigenvalue weighted by Gasteiger charge is -2.07. The quantitative estimate of drug-likeness (QED) is 0.574. The molecule has 16 heavy (non-hydrogen) atoms. The highest BCUT2D eigenvalue weighted by Crippen LogP contribution is 2.29. The molecule has 0 radical (unpaired) electrons. The molecule has 3 heteroatoms. The Morgan fingerprint density at radius 1 is 1.19 bits per heavy atom. The van der Waals surface area contributed by atoms with E-state index in [9.17, 15) is 15.0 Å². The smallest absolute Gasteiger partial charge is 0.157 e. The van der Waals surface area contributed by atoms with Crippen LogP contribution in [0.4, 0.5) is 0 Å². The molecule has 0 aliphatic rings. The molecule has 88 valence electrons. The maximum absolute atomic E-state index is 10.7. The number of unbranched alkanes of at least 4 members (excludes halogenated alkanes) is 3. The van der Waals surface area contributed by atoms with E-state index in [1.165, 1.54) is 18.9 Å². The molecule has 0 amide bonds. The van der Waals surface area contributed by atoms with Crippen molar-refractivity contribution in [3.05, 3.63) is 23.3 Å². The summed E-state index contributed by atoms with van der Waals surface area (Å²) in [6.07, 6.45) is 5.69. The first kappa shape index (κ1) is 12.6. The predicted octanol–water partition coefficient (Wildman–Crippen LogP) is 3.03. The summed E-state index contributed by atoms with van der Waals surface area (Å²) in [6.45, 7) is 2.14. The van der Waals surface area contributed by atoms with Gasteiger partial charge in [0.15, 0.2) is 6.29 Å². The second-order valence-electron chi connectivity index (χ2n) is 3.93. The summed E-state index contributed by atoms with van der Waals surface area (Å²) in [4.78, 5) is 10.7. The van der Waals surface area contributed by atoms with Crippen molar-refractivity contribution in [3.8, 4) is 11.5 Å². The van der Waals surface area contributed by atoms with Gasteiger partial charge in [0.2, 0.25) is 0 Å². The van der Waals surface area contributed by atoms with Crippen LogP contribution in [0, 0.1) is 0 Å². The first-order chi connectivity index (χ1) is 7.70. The van der Waals surface area contributed by atoms with Gasteiger partial charge in [-0.25, -0.2) is 0 Å². The van der Waals surface area contributed by atoms with Crippen LogP contribution >= 0.6 is 0 Å². The number of carbonyl (C=O) groups is 1. The summed E-state index contributed by atoms with van der Waals surface area (Å²) in [5.41, 5.74) is 0.726. The minimum absolute atomic E-state index is 0.00649. The van der Waals surface area contributed by atoms with Gasteiger partial charge in [0.1, 0.15) is 11.5 Å². The molecule has 2 N–H and O–H groups in total. The third-order valence-corrected chi connectivity index (χ3v) is 2.70. The average Bonchev–Trinajstić information content (AvgIpc) is 2.28. The van der Waals surface area contributed by atoms with E-state index < -0.39 is 0 Å². The van der Waals surface area contributed by atoms with Crippen LogP contribution in [-0.4, -0.2) is 16.5 Å². The zero-order valence-electron chi connectivity index (χ0n) is 9.57. The third-order valence-electron chi connectivity index (χ3n) is 2.70. The van der Waals surface area contributed by atoms with Gasteiger partial charge in [-0.1, -0.05) is 32.3 Å². The molecular formula is C13H18O3. The summed E-state index contributed by atoms with van der Waals surface area (Å²) in [5.74, 6) is -0.240. The first-order valence-corrected chi connectivity index (χ1v) is 5.69. The van der Waals surface area contributed by atoms with E-state index in [2.05, 4.69) is 6.92 Å². The standard InChI is InChI=1S/C13H18O3/c1-2-3-4-5-6-10-7-8-12(15)11(9-14)13(10)16/h7-9,15-16H,2-6H2,1H3. The Labute approximate surface area is 95.7 Å². The first-order valence-electron chi connectivity index (χ1n) is 5.69. The number of aryl methyl sites for hydroxylation is 1. The molecule has 0 saturated heterocycles. The summed E-state index contributed by atoms with van der Waals surface area (Å²) in [5, 5.41) is 19.1. The molecule has 0 heterocycles. The SMILES string of the molecule is CCCCCCc1ccc(O)c(C=O)c1O. The number of phenols is 2. The van der Waals surface area contributed by atoms with Crippen LogP contribution in [-0.2, 0) is 6.42 Å². The Bertz CT molecular complexity index is 358. The lowest BCUT2D eigenvalue weighted by Crippen LogP contribution is -1.91. The van der Waals surface area contributed by atoms with Gasteiger partial charge in [-0.3, -0.25) is 4.79 Å². The van der Waals surface area contributed by atoms with Crippen LogP contribution in [0.3, 0.4) is 0 Å². The van der Waals surface area contributed by atoms with Gasteiger partial charge in [0.25, 0.3) is 0 Å². The molecule has 0 spiro atoms. The molecule has 0 fully saturated rings. The molecule has 0 saturated carbocycles. The Balaban J connectivity index is 2.70. The lowest BCUT2D eigenvalue weighted by molar-refractivity contribution is 0.111. The number of aromatic hydroxyl groups is 2. The monoisotopic (exact) mass is 222 g/mol. The molecule has 0 aromatic heterocycles. The number of aldehydes is 1. The lowest BCUT2D eigenvalue weighted by atomic mass is 10.0. The molecule has 0 unspecified atom stereocenters. The minimum Gasteiger partial charge on any atom is -0.507 e. The van der Waals surface area contributed by atoms with E-state index in [1.807, 2.05) is 0 Å². The fourth-order valence-corrected chi connectivity index (χ4v) is 1.70. The molecule has 1 aromatic carbocycles. The molecule has 1 aromatic rings. The van der Waals surface area contributed by atoms with Crippen LogP contribution in [0.25, 0.3) is 0 Å². The van der Waals surface area contributed by atoms with Gasteiger partial charge in [0.05, 0.1) is 5.56 Å². The largest absolute Gasteiger partial charge is 0.507 e. The van der Waals surface area contributed by atoms with Crippen LogP contribution in [0.1, 0.15) is 48.5 Å². The van der Waals surface area contributed by atoms with Crippen LogP contribution < -0.4 is 0 Å². The number of hydrogen-bond donors (Lipinski definition) is 2. The number of rotatable bonds is 6. The Morgan fingerprint density at radius 2 is 1.94 bits per heavy atom. The van der Waals surface area contributed by atoms with Crippen molar-refractivity contribution in [1.29, 1.82) is 0 Å². The second kappa shape index (κ2) is 6.16. The van der Waals surface area contributed by atoms with Crippen molar-refractivity contribution in [2.45, 2.75) is 39.0 Å². The topological polar surface area (TPSA) is 57.5 Å². The Morgan fingerprint density at radius 3 is 2.56 bits per heavy atom. The summed E-state index contributed by atoms with van der Waals surface area (Å²) < 4.78 is 0. The number of carbonyl (C=O) groups excluding carboxylic acids is 1. The van der Waals surface area contributed by atoms with E-state index in [-0.39, 0.29) is 17.1 Å². The Hall–Kier alpha value is -1.51. The van der Waals surface area contributed by atoms with Crippen molar-refractivity contribution in [2.24, 2.45) is 0 Å². The maximum atomic E-state index is 10.7. The van der Waals surface area contributed by atoms with E-state index in [0.717, 1.165) is 24.8 Å². The highest BCUT2D eigenvalue weighted by Gasteiger charge is 2.10. The van der Waals surface area contributed by atoms with E-state index in [1.54, 1.807) is 6.07 Å². The van der Waals surface area contributed by atoms with Crippen molar-refractivity contribution in [3.63, 3.8) is 0 Å². The fourth-order valence-electron chi connectivity index (χ4n) is 1.70. The number of phenolic OH excluding ortho intramolecular Hbond substituents is 2. The molecule has 1 rings (SSSR count). The van der Waals surface area contributed by atoms with Gasteiger partial charge in [0, 0.05) is 0 Å². The average molecular weight is 222 g/mol.